The summed E-state index contributed by atoms with van der Waals surface area (Å²) in [5.41, 5.74) is 6.01. The number of carbonyl (C=O) groups excluding carboxylic acids is 2. The predicted octanol–water partition coefficient (Wildman–Crippen LogP) is 1.06. The van der Waals surface area contributed by atoms with Crippen LogP contribution in [0.1, 0.15) is 51.4 Å². The van der Waals surface area contributed by atoms with E-state index in [0.717, 1.165) is 24.2 Å². The molecule has 23 heavy (non-hydrogen) atoms. The van der Waals surface area contributed by atoms with Gasteiger partial charge in [-0.2, -0.15) is 0 Å². The van der Waals surface area contributed by atoms with Crippen LogP contribution in [0.2, 0.25) is 0 Å². The summed E-state index contributed by atoms with van der Waals surface area (Å²) in [6, 6.07) is 1.83. The molecule has 8 nitrogen and oxygen atoms in total. The van der Waals surface area contributed by atoms with Gasteiger partial charge in [-0.15, -0.1) is 5.10 Å². The van der Waals surface area contributed by atoms with Gasteiger partial charge in [0.25, 0.3) is 11.8 Å². The third-order valence-corrected chi connectivity index (χ3v) is 4.02. The second-order valence-corrected chi connectivity index (χ2v) is 5.83. The minimum absolute atomic E-state index is 0.00838. The fraction of sp³-hybridized carbons (Fsp3) is 0.467. The van der Waals surface area contributed by atoms with Crippen LogP contribution in [0.4, 0.5) is 0 Å². The number of aromatic nitrogens is 3. The molecule has 8 heteroatoms. The van der Waals surface area contributed by atoms with Gasteiger partial charge in [0, 0.05) is 18.7 Å². The van der Waals surface area contributed by atoms with Crippen molar-refractivity contribution in [3.63, 3.8) is 0 Å². The third kappa shape index (κ3) is 2.96. The molecule has 1 atom stereocenters. The van der Waals surface area contributed by atoms with E-state index in [2.05, 4.69) is 10.1 Å². The molecule has 2 amide bonds. The van der Waals surface area contributed by atoms with Crippen molar-refractivity contribution in [3.05, 3.63) is 35.3 Å². The second kappa shape index (κ2) is 5.86. The monoisotopic (exact) mass is 317 g/mol. The fourth-order valence-electron chi connectivity index (χ4n) is 2.92. The van der Waals surface area contributed by atoms with Crippen LogP contribution in [-0.2, 0) is 0 Å². The first-order chi connectivity index (χ1) is 11.0. The van der Waals surface area contributed by atoms with Gasteiger partial charge in [0.1, 0.15) is 12.1 Å². The number of carbonyl (C=O) groups is 2. The van der Waals surface area contributed by atoms with Crippen molar-refractivity contribution in [3.8, 4) is 0 Å². The highest BCUT2D eigenvalue weighted by Gasteiger charge is 2.29. The largest absolute Gasteiger partial charge is 0.456 e. The number of furan rings is 1. The first kappa shape index (κ1) is 15.3. The molecule has 1 aliphatic heterocycles. The number of hydrogen-bond donors (Lipinski definition) is 1. The zero-order valence-corrected chi connectivity index (χ0v) is 13.2. The van der Waals surface area contributed by atoms with E-state index in [-0.39, 0.29) is 17.8 Å². The van der Waals surface area contributed by atoms with E-state index in [4.69, 9.17) is 10.2 Å². The summed E-state index contributed by atoms with van der Waals surface area (Å²) in [4.78, 5) is 29.4. The van der Waals surface area contributed by atoms with Gasteiger partial charge >= 0.3 is 0 Å². The molecule has 3 rings (SSSR count). The number of nitrogens with two attached hydrogens (primary N) is 1. The molecule has 0 unspecified atom stereocenters. The number of nitrogens with zero attached hydrogens (tertiary/aromatic N) is 4. The molecule has 0 aromatic carbocycles. The summed E-state index contributed by atoms with van der Waals surface area (Å²) >= 11 is 0. The molecule has 0 aliphatic carbocycles. The van der Waals surface area contributed by atoms with Gasteiger partial charge in [-0.1, -0.05) is 0 Å². The number of hydrogen-bond acceptors (Lipinski definition) is 5. The number of likely N-dealkylation sites (tertiary alicyclic amines) is 1. The molecule has 3 heterocycles. The molecule has 0 spiro atoms. The van der Waals surface area contributed by atoms with Gasteiger partial charge < -0.3 is 15.1 Å². The van der Waals surface area contributed by atoms with Crippen LogP contribution in [0.25, 0.3) is 0 Å². The van der Waals surface area contributed by atoms with Crippen LogP contribution < -0.4 is 5.73 Å². The van der Waals surface area contributed by atoms with Crippen LogP contribution >= 0.6 is 0 Å². The Balaban J connectivity index is 1.76. The van der Waals surface area contributed by atoms with Crippen molar-refractivity contribution in [1.29, 1.82) is 0 Å². The zero-order valence-electron chi connectivity index (χ0n) is 13.2. The number of amides is 2. The predicted molar refractivity (Wildman–Crippen MR) is 80.9 cm³/mol. The minimum atomic E-state index is -0.658. The summed E-state index contributed by atoms with van der Waals surface area (Å²) < 4.78 is 7.13. The maximum absolute atomic E-state index is 12.6. The van der Waals surface area contributed by atoms with Crippen molar-refractivity contribution in [2.24, 2.45) is 5.73 Å². The molecule has 1 fully saturated rings. The van der Waals surface area contributed by atoms with Crippen LogP contribution in [0.5, 0.6) is 0 Å². The van der Waals surface area contributed by atoms with Crippen molar-refractivity contribution >= 4 is 11.8 Å². The van der Waals surface area contributed by atoms with Crippen molar-refractivity contribution < 1.29 is 14.0 Å². The summed E-state index contributed by atoms with van der Waals surface area (Å²) in [7, 11) is 0. The van der Waals surface area contributed by atoms with E-state index in [1.807, 2.05) is 19.9 Å². The first-order valence-corrected chi connectivity index (χ1v) is 7.53. The van der Waals surface area contributed by atoms with E-state index < -0.39 is 5.91 Å². The normalized spacial score (nSPS) is 18.2. The molecular formula is C15H19N5O3. The lowest BCUT2D eigenvalue weighted by atomic mass is 10.1. The standard InChI is InChI=1S/C15H19N5O3/c1-9-6-10(2)23-12(9)15(22)19-5-3-4-11(7-19)20-8-17-14(18-20)13(16)21/h6,8,11H,3-5,7H2,1-2H3,(H2,16,21)/t11-/m1/s1. The Morgan fingerprint density at radius 2 is 2.17 bits per heavy atom. The van der Waals surface area contributed by atoms with Crippen molar-refractivity contribution in [2.45, 2.75) is 32.7 Å². The van der Waals surface area contributed by atoms with Gasteiger partial charge in [-0.05, 0) is 32.8 Å². The lowest BCUT2D eigenvalue weighted by Gasteiger charge is -2.32. The summed E-state index contributed by atoms with van der Waals surface area (Å²) in [5.74, 6) is 0.331. The van der Waals surface area contributed by atoms with E-state index in [9.17, 15) is 9.59 Å². The average molecular weight is 317 g/mol. The summed E-state index contributed by atoms with van der Waals surface area (Å²) in [5, 5.41) is 4.09. The van der Waals surface area contributed by atoms with E-state index in [1.165, 1.54) is 6.33 Å². The quantitative estimate of drug-likeness (QED) is 0.911. The highest BCUT2D eigenvalue weighted by Crippen LogP contribution is 2.24. The SMILES string of the molecule is Cc1cc(C)c(C(=O)N2CCC[C@@H](n3cnc(C(N)=O)n3)C2)o1. The van der Waals surface area contributed by atoms with Crippen LogP contribution in [0, 0.1) is 13.8 Å². The lowest BCUT2D eigenvalue weighted by molar-refractivity contribution is 0.0637. The van der Waals surface area contributed by atoms with Gasteiger partial charge in [-0.3, -0.25) is 9.59 Å². The van der Waals surface area contributed by atoms with Gasteiger partial charge in [0.05, 0.1) is 6.04 Å². The Morgan fingerprint density at radius 3 is 2.78 bits per heavy atom. The molecule has 2 aromatic heterocycles. The van der Waals surface area contributed by atoms with E-state index >= 15 is 0 Å². The maximum Gasteiger partial charge on any atom is 0.289 e. The smallest absolute Gasteiger partial charge is 0.289 e. The molecule has 2 aromatic rings. The van der Waals surface area contributed by atoms with Gasteiger partial charge in [0.15, 0.2) is 5.76 Å². The maximum atomic E-state index is 12.6. The van der Waals surface area contributed by atoms with Crippen LogP contribution in [0.3, 0.4) is 0 Å². The first-order valence-electron chi connectivity index (χ1n) is 7.53. The molecule has 122 valence electrons. The average Bonchev–Trinajstić information content (AvgIpc) is 3.13. The molecule has 0 radical (unpaired) electrons. The number of aryl methyl sites for hydroxylation is 2. The number of rotatable bonds is 3. The van der Waals surface area contributed by atoms with Crippen LogP contribution in [-0.4, -0.2) is 44.6 Å². The van der Waals surface area contributed by atoms with Crippen molar-refractivity contribution in [1.82, 2.24) is 19.7 Å². The summed E-state index contributed by atoms with van der Waals surface area (Å²) in [6.45, 7) is 4.86. The Hall–Kier alpha value is -2.64. The van der Waals surface area contributed by atoms with Crippen LogP contribution in [0.15, 0.2) is 16.8 Å². The molecule has 0 bridgehead atoms. The van der Waals surface area contributed by atoms with Gasteiger partial charge in [0.2, 0.25) is 5.82 Å². The Bertz CT molecular complexity index is 748. The third-order valence-electron chi connectivity index (χ3n) is 4.02. The van der Waals surface area contributed by atoms with Crippen molar-refractivity contribution in [2.75, 3.05) is 13.1 Å². The molecule has 1 aliphatic rings. The minimum Gasteiger partial charge on any atom is -0.456 e. The topological polar surface area (TPSA) is 107 Å². The Morgan fingerprint density at radius 1 is 1.39 bits per heavy atom. The molecule has 0 saturated carbocycles. The van der Waals surface area contributed by atoms with E-state index in [0.29, 0.717) is 18.8 Å². The lowest BCUT2D eigenvalue weighted by Crippen LogP contribution is -2.41. The molecule has 2 N–H and O–H groups in total. The zero-order chi connectivity index (χ0) is 16.6. The highest BCUT2D eigenvalue weighted by molar-refractivity contribution is 5.93. The number of piperidine rings is 1. The fourth-order valence-corrected chi connectivity index (χ4v) is 2.92. The van der Waals surface area contributed by atoms with E-state index in [1.54, 1.807) is 9.58 Å². The second-order valence-electron chi connectivity index (χ2n) is 5.83. The Labute approximate surface area is 133 Å². The molecular weight excluding hydrogens is 298 g/mol. The van der Waals surface area contributed by atoms with Gasteiger partial charge in [-0.25, -0.2) is 9.67 Å². The summed E-state index contributed by atoms with van der Waals surface area (Å²) in [6.07, 6.45) is 3.20. The number of primary amides is 1. The Kier molecular flexibility index (Phi) is 3.89. The molecule has 1 saturated heterocycles. The highest BCUT2D eigenvalue weighted by atomic mass is 16.4.